The number of anilines is 1. The molecule has 2 N–H and O–H groups in total. The predicted molar refractivity (Wildman–Crippen MR) is 111 cm³/mol. The quantitative estimate of drug-likeness (QED) is 0.515. The molecular formula is C22H19N5O3. The van der Waals surface area contributed by atoms with Crippen LogP contribution in [0.4, 0.5) is 5.69 Å². The van der Waals surface area contributed by atoms with Crippen molar-refractivity contribution in [1.82, 2.24) is 19.9 Å². The van der Waals surface area contributed by atoms with Gasteiger partial charge >= 0.3 is 0 Å². The fraction of sp³-hybridized carbons (Fsp3) is 0.182. The zero-order chi connectivity index (χ0) is 20.5. The van der Waals surface area contributed by atoms with E-state index in [4.69, 9.17) is 9.47 Å². The Balaban J connectivity index is 1.51. The highest BCUT2D eigenvalue weighted by molar-refractivity contribution is 6.06. The summed E-state index contributed by atoms with van der Waals surface area (Å²) in [4.78, 5) is 28.8. The zero-order valence-corrected chi connectivity index (χ0v) is 16.3. The second-order valence-corrected chi connectivity index (χ2v) is 6.92. The van der Waals surface area contributed by atoms with Crippen LogP contribution >= 0.6 is 0 Å². The van der Waals surface area contributed by atoms with Gasteiger partial charge in [-0.3, -0.25) is 4.79 Å². The zero-order valence-electron chi connectivity index (χ0n) is 16.3. The highest BCUT2D eigenvalue weighted by Gasteiger charge is 2.34. The Morgan fingerprint density at radius 2 is 2.00 bits per heavy atom. The Morgan fingerprint density at radius 1 is 1.10 bits per heavy atom. The maximum Gasteiger partial charge on any atom is 0.238 e. The van der Waals surface area contributed by atoms with Crippen LogP contribution in [0.2, 0.25) is 0 Å². The number of hydrogen-bond donors (Lipinski definition) is 2. The van der Waals surface area contributed by atoms with Gasteiger partial charge in [-0.25, -0.2) is 15.0 Å². The number of H-pyrrole nitrogens is 1. The molecule has 1 aliphatic rings. The summed E-state index contributed by atoms with van der Waals surface area (Å²) in [6.07, 6.45) is 5.61. The van der Waals surface area contributed by atoms with Gasteiger partial charge in [0.15, 0.2) is 11.5 Å². The fourth-order valence-electron chi connectivity index (χ4n) is 3.76. The molecule has 2 aromatic carbocycles. The van der Waals surface area contributed by atoms with Gasteiger partial charge in [-0.2, -0.15) is 0 Å². The van der Waals surface area contributed by atoms with E-state index in [-0.39, 0.29) is 5.91 Å². The summed E-state index contributed by atoms with van der Waals surface area (Å²) in [5, 5.41) is 3.68. The van der Waals surface area contributed by atoms with Crippen LogP contribution in [0.15, 0.2) is 55.1 Å². The normalized spacial score (nSPS) is 15.1. The third-order valence-corrected chi connectivity index (χ3v) is 5.17. The third-order valence-electron chi connectivity index (χ3n) is 5.17. The number of amides is 1. The summed E-state index contributed by atoms with van der Waals surface area (Å²) in [6.45, 7) is 0.436. The molecule has 2 aromatic heterocycles. The number of carbonyl (C=O) groups is 1. The molecule has 8 heteroatoms. The van der Waals surface area contributed by atoms with E-state index in [2.05, 4.69) is 25.3 Å². The number of carbonyl (C=O) groups excluding carboxylic acids is 1. The second kappa shape index (κ2) is 7.47. The molecule has 0 spiro atoms. The maximum atomic E-state index is 12.7. The lowest BCUT2D eigenvalue weighted by Gasteiger charge is -2.15. The van der Waals surface area contributed by atoms with Crippen molar-refractivity contribution in [2.75, 3.05) is 19.0 Å². The van der Waals surface area contributed by atoms with Crippen molar-refractivity contribution in [3.05, 3.63) is 72.2 Å². The van der Waals surface area contributed by atoms with E-state index >= 15 is 0 Å². The van der Waals surface area contributed by atoms with E-state index in [0.29, 0.717) is 35.7 Å². The molecule has 1 amide bonds. The number of imidazole rings is 1. The number of nitrogens with one attached hydrogen (secondary N) is 2. The molecule has 30 heavy (non-hydrogen) atoms. The van der Waals surface area contributed by atoms with Crippen molar-refractivity contribution in [3.8, 4) is 11.5 Å². The molecule has 3 heterocycles. The summed E-state index contributed by atoms with van der Waals surface area (Å²) in [5.41, 5.74) is 3.04. The SMILES string of the molecule is COc1cc2c(C3C(=O)Nc4ccccc43)ncnc2cc1OCCc1ncc[nH]1. The number of hydrogen-bond acceptors (Lipinski definition) is 6. The van der Waals surface area contributed by atoms with Crippen LogP contribution in [0, 0.1) is 0 Å². The van der Waals surface area contributed by atoms with E-state index < -0.39 is 5.92 Å². The van der Waals surface area contributed by atoms with E-state index in [0.717, 1.165) is 22.5 Å². The van der Waals surface area contributed by atoms with Crippen molar-refractivity contribution >= 4 is 22.5 Å². The highest BCUT2D eigenvalue weighted by atomic mass is 16.5. The average Bonchev–Trinajstić information content (AvgIpc) is 3.39. The van der Waals surface area contributed by atoms with Gasteiger partial charge in [0.1, 0.15) is 18.1 Å². The Kier molecular flexibility index (Phi) is 4.51. The second-order valence-electron chi connectivity index (χ2n) is 6.92. The number of fused-ring (bicyclic) bond motifs is 2. The molecule has 150 valence electrons. The van der Waals surface area contributed by atoms with Crippen LogP contribution in [0.5, 0.6) is 11.5 Å². The summed E-state index contributed by atoms with van der Waals surface area (Å²) in [7, 11) is 1.58. The lowest BCUT2D eigenvalue weighted by atomic mass is 9.94. The van der Waals surface area contributed by atoms with Gasteiger partial charge in [0.2, 0.25) is 5.91 Å². The van der Waals surface area contributed by atoms with Crippen LogP contribution in [-0.2, 0) is 11.2 Å². The topological polar surface area (TPSA) is 102 Å². The maximum absolute atomic E-state index is 12.7. The van der Waals surface area contributed by atoms with Gasteiger partial charge in [0.25, 0.3) is 0 Å². The van der Waals surface area contributed by atoms with Gasteiger partial charge < -0.3 is 19.8 Å². The summed E-state index contributed by atoms with van der Waals surface area (Å²) in [6, 6.07) is 11.3. The number of ether oxygens (including phenoxy) is 2. The smallest absolute Gasteiger partial charge is 0.238 e. The Bertz CT molecular complexity index is 1220. The van der Waals surface area contributed by atoms with Gasteiger partial charge in [0, 0.05) is 36.0 Å². The van der Waals surface area contributed by atoms with Crippen LogP contribution in [0.25, 0.3) is 10.9 Å². The predicted octanol–water partition coefficient (Wildman–Crippen LogP) is 3.07. The Hall–Kier alpha value is -3.94. The number of methoxy groups -OCH3 is 1. The summed E-state index contributed by atoms with van der Waals surface area (Å²) >= 11 is 0. The molecule has 8 nitrogen and oxygen atoms in total. The minimum atomic E-state index is -0.498. The van der Waals surface area contributed by atoms with E-state index in [1.54, 1.807) is 19.5 Å². The molecule has 1 atom stereocenters. The van der Waals surface area contributed by atoms with Crippen molar-refractivity contribution in [3.63, 3.8) is 0 Å². The number of benzene rings is 2. The molecular weight excluding hydrogens is 382 g/mol. The standard InChI is InChI=1S/C22H19N5O3/c1-29-17-10-14-16(11-18(17)30-9-6-19-23-7-8-24-19)25-12-26-21(14)20-13-4-2-3-5-15(13)27-22(20)28/h2-5,7-8,10-12,20H,6,9H2,1H3,(H,23,24)(H,27,28). The highest BCUT2D eigenvalue weighted by Crippen LogP contribution is 2.40. The fourth-order valence-corrected chi connectivity index (χ4v) is 3.76. The lowest BCUT2D eigenvalue weighted by molar-refractivity contribution is -0.116. The Labute approximate surface area is 172 Å². The van der Waals surface area contributed by atoms with Crippen LogP contribution < -0.4 is 14.8 Å². The largest absolute Gasteiger partial charge is 0.493 e. The van der Waals surface area contributed by atoms with Gasteiger partial charge in [0.05, 0.1) is 24.9 Å². The molecule has 0 saturated carbocycles. The minimum Gasteiger partial charge on any atom is -0.493 e. The molecule has 4 aromatic rings. The average molecular weight is 401 g/mol. The number of aromatic nitrogens is 4. The van der Waals surface area contributed by atoms with Crippen molar-refractivity contribution in [2.24, 2.45) is 0 Å². The van der Waals surface area contributed by atoms with Gasteiger partial charge in [-0.05, 0) is 17.7 Å². The van der Waals surface area contributed by atoms with Crippen LogP contribution in [0.3, 0.4) is 0 Å². The minimum absolute atomic E-state index is 0.103. The van der Waals surface area contributed by atoms with Crippen LogP contribution in [-0.4, -0.2) is 39.6 Å². The van der Waals surface area contributed by atoms with E-state index in [1.807, 2.05) is 36.4 Å². The molecule has 5 rings (SSSR count). The van der Waals surface area contributed by atoms with Crippen molar-refractivity contribution < 1.29 is 14.3 Å². The van der Waals surface area contributed by atoms with Gasteiger partial charge in [-0.1, -0.05) is 18.2 Å². The molecule has 0 radical (unpaired) electrons. The molecule has 0 saturated heterocycles. The molecule has 0 bridgehead atoms. The lowest BCUT2D eigenvalue weighted by Crippen LogP contribution is -2.15. The third kappa shape index (κ3) is 3.12. The van der Waals surface area contributed by atoms with Crippen molar-refractivity contribution in [2.45, 2.75) is 12.3 Å². The first-order chi connectivity index (χ1) is 14.7. The first-order valence-corrected chi connectivity index (χ1v) is 9.58. The van der Waals surface area contributed by atoms with Crippen LogP contribution in [0.1, 0.15) is 23.0 Å². The number of nitrogens with zero attached hydrogens (tertiary/aromatic N) is 3. The van der Waals surface area contributed by atoms with Crippen molar-refractivity contribution in [1.29, 1.82) is 0 Å². The number of para-hydroxylation sites is 1. The summed E-state index contributed by atoms with van der Waals surface area (Å²) < 4.78 is 11.5. The first kappa shape index (κ1) is 18.1. The Morgan fingerprint density at radius 3 is 2.83 bits per heavy atom. The molecule has 1 aliphatic heterocycles. The van der Waals surface area contributed by atoms with E-state index in [1.165, 1.54) is 6.33 Å². The number of aromatic amines is 1. The molecule has 0 aliphatic carbocycles. The number of rotatable bonds is 6. The first-order valence-electron chi connectivity index (χ1n) is 9.58. The van der Waals surface area contributed by atoms with E-state index in [9.17, 15) is 4.79 Å². The summed E-state index contributed by atoms with van der Waals surface area (Å²) in [5.74, 6) is 1.39. The monoisotopic (exact) mass is 401 g/mol. The van der Waals surface area contributed by atoms with Gasteiger partial charge in [-0.15, -0.1) is 0 Å². The molecule has 1 unspecified atom stereocenters. The molecule has 0 fully saturated rings.